The van der Waals surface area contributed by atoms with Gasteiger partial charge in [-0.1, -0.05) is 6.92 Å². The molecule has 0 fully saturated rings. The zero-order chi connectivity index (χ0) is 6.99. The van der Waals surface area contributed by atoms with Gasteiger partial charge in [-0.25, -0.2) is 0 Å². The maximum absolute atomic E-state index is 9.00. The van der Waals surface area contributed by atoms with Crippen molar-refractivity contribution in [2.45, 2.75) is 20.3 Å². The van der Waals surface area contributed by atoms with Crippen LogP contribution < -0.4 is 29.6 Å². The second-order valence-corrected chi connectivity index (χ2v) is 1.73. The fourth-order valence-electron chi connectivity index (χ4n) is 0. The molecule has 4 heteroatoms. The topological polar surface area (TPSA) is 37.3 Å². The third-order valence-corrected chi connectivity index (χ3v) is 0.802. The molecule has 0 aromatic carbocycles. The van der Waals surface area contributed by atoms with Crippen molar-refractivity contribution in [3.63, 3.8) is 0 Å². The molecule has 2 nitrogen and oxygen atoms in total. The quantitative estimate of drug-likeness (QED) is 0.442. The molecular formula is C5H10BrNaO2. The molecule has 0 aliphatic carbocycles. The number of halogens is 1. The normalized spacial score (nSPS) is 6.11. The van der Waals surface area contributed by atoms with Gasteiger partial charge in [-0.15, -0.1) is 0 Å². The third-order valence-electron chi connectivity index (χ3n) is 0.154. The average molecular weight is 205 g/mol. The molecule has 0 spiro atoms. The molecular weight excluding hydrogens is 195 g/mol. The Morgan fingerprint density at radius 3 is 1.89 bits per heavy atom. The number of hydrogen-bond acceptors (Lipinski definition) is 1. The predicted molar refractivity (Wildman–Crippen MR) is 36.8 cm³/mol. The molecule has 50 valence electrons. The Kier molecular flexibility index (Phi) is 29.3. The summed E-state index contributed by atoms with van der Waals surface area (Å²) in [6.07, 6.45) is 1.11. The summed E-state index contributed by atoms with van der Waals surface area (Å²) in [6, 6.07) is 0. The van der Waals surface area contributed by atoms with Crippen LogP contribution in [0.15, 0.2) is 0 Å². The Balaban J connectivity index is -0.0000000720. The Hall–Kier alpha value is 0.950. The second kappa shape index (κ2) is 16.0. The van der Waals surface area contributed by atoms with Gasteiger partial charge in [0.15, 0.2) is 0 Å². The predicted octanol–water partition coefficient (Wildman–Crippen LogP) is -0.952. The van der Waals surface area contributed by atoms with E-state index in [4.69, 9.17) is 9.90 Å². The second-order valence-electron chi connectivity index (χ2n) is 1.08. The molecule has 1 N–H and O–H groups in total. The summed E-state index contributed by atoms with van der Waals surface area (Å²) in [6.45, 7) is 3.16. The molecule has 0 saturated heterocycles. The van der Waals surface area contributed by atoms with E-state index in [0.717, 1.165) is 13.3 Å². The molecule has 0 heterocycles. The van der Waals surface area contributed by atoms with E-state index < -0.39 is 5.97 Å². The van der Waals surface area contributed by atoms with Gasteiger partial charge in [0.2, 0.25) is 0 Å². The Labute approximate surface area is 86.4 Å². The van der Waals surface area contributed by atoms with E-state index in [9.17, 15) is 0 Å². The van der Waals surface area contributed by atoms with Crippen LogP contribution in [0, 0.1) is 5.33 Å². The van der Waals surface area contributed by atoms with Gasteiger partial charge in [0.1, 0.15) is 0 Å². The van der Waals surface area contributed by atoms with Gasteiger partial charge >= 0.3 is 29.6 Å². The first-order chi connectivity index (χ1) is 3.65. The van der Waals surface area contributed by atoms with Crippen LogP contribution in [0.4, 0.5) is 0 Å². The van der Waals surface area contributed by atoms with E-state index in [1.54, 1.807) is 0 Å². The van der Waals surface area contributed by atoms with E-state index in [2.05, 4.69) is 22.9 Å². The van der Waals surface area contributed by atoms with Gasteiger partial charge in [-0.3, -0.25) is 10.1 Å². The Bertz CT molecular complexity index is 52.9. The summed E-state index contributed by atoms with van der Waals surface area (Å²) in [5.41, 5.74) is 0. The van der Waals surface area contributed by atoms with Crippen molar-refractivity contribution in [3.05, 3.63) is 5.33 Å². The fourth-order valence-corrected chi connectivity index (χ4v) is 0. The molecule has 0 atom stereocenters. The van der Waals surface area contributed by atoms with Crippen LogP contribution in [-0.4, -0.2) is 11.1 Å². The minimum Gasteiger partial charge on any atom is -0.481 e. The molecule has 0 aromatic heterocycles. The number of carbonyl (C=O) groups is 1. The molecule has 0 rings (SSSR count). The summed E-state index contributed by atoms with van der Waals surface area (Å²) in [7, 11) is 0. The van der Waals surface area contributed by atoms with Crippen molar-refractivity contribution in [1.29, 1.82) is 0 Å². The fraction of sp³-hybridized carbons (Fsp3) is 0.600. The smallest absolute Gasteiger partial charge is 0.481 e. The monoisotopic (exact) mass is 204 g/mol. The van der Waals surface area contributed by atoms with Crippen LogP contribution in [-0.2, 0) is 4.79 Å². The molecule has 0 bridgehead atoms. The number of carboxylic acids is 1. The van der Waals surface area contributed by atoms with Crippen LogP contribution in [0.25, 0.3) is 0 Å². The molecule has 0 aliphatic rings. The van der Waals surface area contributed by atoms with Gasteiger partial charge in [0.05, 0.1) is 0 Å². The first kappa shape index (κ1) is 16.5. The maximum Gasteiger partial charge on any atom is 1.00 e. The van der Waals surface area contributed by atoms with E-state index >= 15 is 0 Å². The van der Waals surface area contributed by atoms with Crippen LogP contribution in [0.2, 0.25) is 0 Å². The number of hydrogen-bond donors (Lipinski definition) is 1. The minimum atomic E-state index is -0.833. The van der Waals surface area contributed by atoms with Crippen molar-refractivity contribution in [2.24, 2.45) is 0 Å². The van der Waals surface area contributed by atoms with Gasteiger partial charge in [0.25, 0.3) is 5.97 Å². The summed E-state index contributed by atoms with van der Waals surface area (Å²) in [4.78, 5) is 9.00. The van der Waals surface area contributed by atoms with Crippen LogP contribution in [0.1, 0.15) is 20.3 Å². The van der Waals surface area contributed by atoms with Gasteiger partial charge in [-0.2, -0.15) is 6.42 Å². The zero-order valence-corrected chi connectivity index (χ0v) is 9.60. The molecule has 0 aliphatic heterocycles. The van der Waals surface area contributed by atoms with E-state index in [0.29, 0.717) is 0 Å². The maximum atomic E-state index is 9.00. The molecule has 9 heavy (non-hydrogen) atoms. The summed E-state index contributed by atoms with van der Waals surface area (Å²) >= 11 is 3.12. The molecule has 0 aromatic rings. The average Bonchev–Trinajstić information content (AvgIpc) is 1.65. The number of rotatable bonds is 1. The van der Waals surface area contributed by atoms with Crippen LogP contribution >= 0.6 is 15.9 Å². The van der Waals surface area contributed by atoms with E-state index in [1.807, 2.05) is 5.33 Å². The SMILES string of the molecule is CC(=O)O.CC[CH-]Br.[Na+]. The standard InChI is InChI=1S/C3H6Br.C2H4O2.Na/c1-2-3-4;1-2(3)4;/h3H,2H2,1H3;1H3,(H,3,4);/q-1;;+1. The van der Waals surface area contributed by atoms with Crippen LogP contribution in [0.5, 0.6) is 0 Å². The number of carboxylic acid groups (broad SMARTS) is 1. The molecule has 0 unspecified atom stereocenters. The van der Waals surface area contributed by atoms with Crippen molar-refractivity contribution in [3.8, 4) is 0 Å². The third kappa shape index (κ3) is 114. The molecule has 0 radical (unpaired) electrons. The van der Waals surface area contributed by atoms with Crippen molar-refractivity contribution in [2.75, 3.05) is 0 Å². The first-order valence-corrected chi connectivity index (χ1v) is 3.18. The van der Waals surface area contributed by atoms with Gasteiger partial charge < -0.3 is 21.0 Å². The molecule has 0 amide bonds. The van der Waals surface area contributed by atoms with E-state index in [1.165, 1.54) is 0 Å². The summed E-state index contributed by atoms with van der Waals surface area (Å²) in [5, 5.41) is 9.35. The molecule has 0 saturated carbocycles. The minimum absolute atomic E-state index is 0. The van der Waals surface area contributed by atoms with Gasteiger partial charge in [-0.05, 0) is 0 Å². The van der Waals surface area contributed by atoms with Gasteiger partial charge in [0, 0.05) is 6.92 Å². The first-order valence-electron chi connectivity index (χ1n) is 2.26. The van der Waals surface area contributed by atoms with Crippen LogP contribution in [0.3, 0.4) is 0 Å². The summed E-state index contributed by atoms with van der Waals surface area (Å²) in [5.74, 6) is -0.833. The Morgan fingerprint density at radius 2 is 1.89 bits per heavy atom. The number of aliphatic carboxylic acids is 1. The van der Waals surface area contributed by atoms with Crippen molar-refractivity contribution in [1.82, 2.24) is 0 Å². The Morgan fingerprint density at radius 1 is 1.78 bits per heavy atom. The van der Waals surface area contributed by atoms with Crippen molar-refractivity contribution < 1.29 is 39.5 Å². The zero-order valence-electron chi connectivity index (χ0n) is 6.02. The van der Waals surface area contributed by atoms with E-state index in [-0.39, 0.29) is 29.6 Å². The largest absolute Gasteiger partial charge is 1.00 e. The van der Waals surface area contributed by atoms with Crippen molar-refractivity contribution >= 4 is 21.9 Å². The summed E-state index contributed by atoms with van der Waals surface area (Å²) < 4.78 is 0.